The number of aromatic nitrogens is 1. The quantitative estimate of drug-likeness (QED) is 0.752. The molecule has 5 heteroatoms. The summed E-state index contributed by atoms with van der Waals surface area (Å²) in [7, 11) is 1.80. The fourth-order valence-corrected chi connectivity index (χ4v) is 1.77. The molecule has 0 radical (unpaired) electrons. The van der Waals surface area contributed by atoms with Gasteiger partial charge in [-0.3, -0.25) is 4.79 Å². The minimum absolute atomic E-state index is 0.557. The molecule has 0 saturated carbocycles. The van der Waals surface area contributed by atoms with Crippen LogP contribution in [0.1, 0.15) is 5.56 Å². The van der Waals surface area contributed by atoms with Crippen molar-refractivity contribution in [3.63, 3.8) is 0 Å². The van der Waals surface area contributed by atoms with Crippen molar-refractivity contribution in [2.75, 3.05) is 0 Å². The highest BCUT2D eigenvalue weighted by atomic mass is 19.4. The zero-order valence-corrected chi connectivity index (χ0v) is 9.53. The van der Waals surface area contributed by atoms with E-state index in [2.05, 4.69) is 0 Å². The van der Waals surface area contributed by atoms with Crippen molar-refractivity contribution in [2.45, 2.75) is 6.18 Å². The third-order valence-corrected chi connectivity index (χ3v) is 2.62. The molecule has 0 aliphatic rings. The molecule has 1 aromatic heterocycles. The number of para-hydroxylation sites is 1. The van der Waals surface area contributed by atoms with Gasteiger partial charge < -0.3 is 4.57 Å². The van der Waals surface area contributed by atoms with Gasteiger partial charge in [-0.25, -0.2) is 0 Å². The van der Waals surface area contributed by atoms with Crippen LogP contribution in [-0.2, 0) is 11.8 Å². The normalized spacial score (nSPS) is 12.4. The highest BCUT2D eigenvalue weighted by Crippen LogP contribution is 2.22. The maximum absolute atomic E-state index is 12.1. The predicted octanol–water partition coefficient (Wildman–Crippen LogP) is 3.32. The Hall–Kier alpha value is -2.04. The Labute approximate surface area is 101 Å². The van der Waals surface area contributed by atoms with Crippen LogP contribution in [0.2, 0.25) is 0 Å². The molecule has 0 bridgehead atoms. The van der Waals surface area contributed by atoms with Crippen LogP contribution in [0.4, 0.5) is 13.2 Å². The number of rotatable bonds is 2. The summed E-state index contributed by atoms with van der Waals surface area (Å²) in [6.45, 7) is 0. The van der Waals surface area contributed by atoms with Crippen LogP contribution in [0.5, 0.6) is 0 Å². The summed E-state index contributed by atoms with van der Waals surface area (Å²) in [4.78, 5) is 10.8. The van der Waals surface area contributed by atoms with Gasteiger partial charge in [0.05, 0.1) is 0 Å². The monoisotopic (exact) mass is 253 g/mol. The second kappa shape index (κ2) is 4.33. The first-order chi connectivity index (χ1) is 8.39. The highest BCUT2D eigenvalue weighted by Gasteiger charge is 2.35. The van der Waals surface area contributed by atoms with Crippen LogP contribution in [0.25, 0.3) is 17.0 Å². The number of allylic oxidation sites excluding steroid dienone is 1. The van der Waals surface area contributed by atoms with Crippen LogP contribution in [0, 0.1) is 0 Å². The Balaban J connectivity index is 2.39. The van der Waals surface area contributed by atoms with Crippen LogP contribution in [0.3, 0.4) is 0 Å². The fourth-order valence-electron chi connectivity index (χ4n) is 1.77. The zero-order valence-electron chi connectivity index (χ0n) is 9.53. The molecule has 0 amide bonds. The number of nitrogens with zero attached hydrogens (tertiary/aromatic N) is 1. The van der Waals surface area contributed by atoms with E-state index in [1.165, 1.54) is 6.08 Å². The van der Waals surface area contributed by atoms with Crippen molar-refractivity contribution < 1.29 is 18.0 Å². The Morgan fingerprint density at radius 1 is 1.28 bits per heavy atom. The Bertz CT molecular complexity index is 623. The molecule has 0 N–H and O–H groups in total. The Kier molecular flexibility index (Phi) is 2.98. The molecule has 0 spiro atoms. The smallest absolute Gasteiger partial charge is 0.350 e. The van der Waals surface area contributed by atoms with Gasteiger partial charge in [0, 0.05) is 29.7 Å². The number of halogens is 3. The van der Waals surface area contributed by atoms with Gasteiger partial charge in [0.2, 0.25) is 0 Å². The third kappa shape index (κ3) is 2.30. The fraction of sp³-hybridized carbons (Fsp3) is 0.154. The Morgan fingerprint density at radius 3 is 2.61 bits per heavy atom. The van der Waals surface area contributed by atoms with E-state index in [-0.39, 0.29) is 0 Å². The molecule has 0 aliphatic carbocycles. The van der Waals surface area contributed by atoms with Crippen molar-refractivity contribution in [3.8, 4) is 0 Å². The average molecular weight is 253 g/mol. The van der Waals surface area contributed by atoms with Crippen LogP contribution in [0.15, 0.2) is 36.5 Å². The zero-order chi connectivity index (χ0) is 13.3. The SMILES string of the molecule is Cn1cc(C=CC(=O)C(F)(F)F)c2ccccc21. The highest BCUT2D eigenvalue weighted by molar-refractivity contribution is 6.00. The van der Waals surface area contributed by atoms with Gasteiger partial charge in [-0.1, -0.05) is 18.2 Å². The van der Waals surface area contributed by atoms with Crippen molar-refractivity contribution in [1.82, 2.24) is 4.57 Å². The molecule has 2 rings (SSSR count). The van der Waals surface area contributed by atoms with Gasteiger partial charge in [0.25, 0.3) is 5.78 Å². The minimum atomic E-state index is -4.82. The van der Waals surface area contributed by atoms with Crippen LogP contribution >= 0.6 is 0 Å². The number of carbonyl (C=O) groups is 1. The van der Waals surface area contributed by atoms with E-state index in [9.17, 15) is 18.0 Å². The molecule has 1 heterocycles. The topological polar surface area (TPSA) is 22.0 Å². The largest absolute Gasteiger partial charge is 0.454 e. The summed E-state index contributed by atoms with van der Waals surface area (Å²) >= 11 is 0. The third-order valence-electron chi connectivity index (χ3n) is 2.62. The number of carbonyl (C=O) groups excluding carboxylic acids is 1. The molecule has 18 heavy (non-hydrogen) atoms. The van der Waals surface area contributed by atoms with Crippen LogP contribution < -0.4 is 0 Å². The maximum Gasteiger partial charge on any atom is 0.454 e. The second-order valence-corrected chi connectivity index (χ2v) is 3.91. The number of hydrogen-bond donors (Lipinski definition) is 0. The summed E-state index contributed by atoms with van der Waals surface area (Å²) < 4.78 is 38.0. The van der Waals surface area contributed by atoms with Gasteiger partial charge in [-0.2, -0.15) is 13.2 Å². The van der Waals surface area contributed by atoms with Gasteiger partial charge in [0.1, 0.15) is 0 Å². The first-order valence-corrected chi connectivity index (χ1v) is 5.23. The number of aryl methyl sites for hydroxylation is 1. The number of ketones is 1. The molecule has 0 fully saturated rings. The molecule has 1 aromatic carbocycles. The second-order valence-electron chi connectivity index (χ2n) is 3.91. The molecule has 0 atom stereocenters. The van der Waals surface area contributed by atoms with Gasteiger partial charge in [-0.15, -0.1) is 0 Å². The van der Waals surface area contributed by atoms with E-state index >= 15 is 0 Å². The van der Waals surface area contributed by atoms with Crippen molar-refractivity contribution in [1.29, 1.82) is 0 Å². The van der Waals surface area contributed by atoms with E-state index in [0.29, 0.717) is 11.6 Å². The average Bonchev–Trinajstić information content (AvgIpc) is 2.63. The van der Waals surface area contributed by atoms with Gasteiger partial charge in [-0.05, 0) is 18.2 Å². The lowest BCUT2D eigenvalue weighted by atomic mass is 10.1. The lowest BCUT2D eigenvalue weighted by molar-refractivity contribution is -0.165. The van der Waals surface area contributed by atoms with Crippen molar-refractivity contribution in [2.24, 2.45) is 7.05 Å². The molecule has 0 unspecified atom stereocenters. The van der Waals surface area contributed by atoms with Crippen LogP contribution in [-0.4, -0.2) is 16.5 Å². The van der Waals surface area contributed by atoms with Gasteiger partial charge >= 0.3 is 6.18 Å². The molecule has 94 valence electrons. The number of alkyl halides is 3. The van der Waals surface area contributed by atoms with E-state index in [4.69, 9.17) is 0 Å². The molecule has 2 nitrogen and oxygen atoms in total. The van der Waals surface area contributed by atoms with E-state index in [1.807, 2.05) is 12.1 Å². The lowest BCUT2D eigenvalue weighted by Crippen LogP contribution is -2.19. The molecule has 0 aliphatic heterocycles. The number of hydrogen-bond acceptors (Lipinski definition) is 1. The number of benzene rings is 1. The van der Waals surface area contributed by atoms with Crippen molar-refractivity contribution in [3.05, 3.63) is 42.1 Å². The molecule has 0 saturated heterocycles. The first-order valence-electron chi connectivity index (χ1n) is 5.23. The first kappa shape index (κ1) is 12.4. The van der Waals surface area contributed by atoms with Crippen molar-refractivity contribution >= 4 is 22.8 Å². The molecule has 2 aromatic rings. The minimum Gasteiger partial charge on any atom is -0.350 e. The van der Waals surface area contributed by atoms with E-state index < -0.39 is 12.0 Å². The Morgan fingerprint density at radius 2 is 1.94 bits per heavy atom. The summed E-state index contributed by atoms with van der Waals surface area (Å²) in [6, 6.07) is 7.30. The van der Waals surface area contributed by atoms with E-state index in [0.717, 1.165) is 10.9 Å². The standard InChI is InChI=1S/C13H10F3NO/c1-17-8-9(6-7-12(18)13(14,15)16)10-4-2-3-5-11(10)17/h2-8H,1H3. The van der Waals surface area contributed by atoms with E-state index in [1.54, 1.807) is 29.9 Å². The lowest BCUT2D eigenvalue weighted by Gasteiger charge is -1.98. The summed E-state index contributed by atoms with van der Waals surface area (Å²) in [5, 5.41) is 0.811. The number of fused-ring (bicyclic) bond motifs is 1. The maximum atomic E-state index is 12.1. The summed E-state index contributed by atoms with van der Waals surface area (Å²) in [5.41, 5.74) is 1.49. The summed E-state index contributed by atoms with van der Waals surface area (Å²) in [5.74, 6) is -1.85. The molecular weight excluding hydrogens is 243 g/mol. The predicted molar refractivity (Wildman–Crippen MR) is 63.0 cm³/mol. The summed E-state index contributed by atoms with van der Waals surface area (Å²) in [6.07, 6.45) is -1.38. The van der Waals surface area contributed by atoms with Gasteiger partial charge in [0.15, 0.2) is 0 Å². The molecular formula is C13H10F3NO.